The predicted molar refractivity (Wildman–Crippen MR) is 155 cm³/mol. The molecule has 2 amide bonds. The van der Waals surface area contributed by atoms with Crippen molar-refractivity contribution in [3.05, 3.63) is 78.0 Å². The van der Waals surface area contributed by atoms with Gasteiger partial charge in [0.15, 0.2) is 11.5 Å². The Hall–Kier alpha value is -4.01. The molecule has 40 heavy (non-hydrogen) atoms. The van der Waals surface area contributed by atoms with Crippen LogP contribution in [0.4, 0.5) is 10.5 Å². The number of para-hydroxylation sites is 2. The van der Waals surface area contributed by atoms with Crippen LogP contribution in [-0.2, 0) is 6.42 Å². The number of piperidine rings is 1. The van der Waals surface area contributed by atoms with Gasteiger partial charge >= 0.3 is 6.03 Å². The molecule has 7 rings (SSSR count). The Balaban J connectivity index is 1.23. The molecule has 0 radical (unpaired) electrons. The number of aromatic amines is 1. The molecule has 3 aromatic carbocycles. The SMILES string of the molecule is C[C@H](O)[C@@H]1CN2CCc3c([nH]c4c(-c5ccc6c(c5)OCO6)cccc34)[C@@H]2C[C@@H]1N(C)C(=O)Nc1ccccc1. The zero-order valence-electron chi connectivity index (χ0n) is 22.8. The van der Waals surface area contributed by atoms with E-state index in [2.05, 4.69) is 39.5 Å². The van der Waals surface area contributed by atoms with E-state index in [4.69, 9.17) is 9.47 Å². The van der Waals surface area contributed by atoms with Crippen molar-refractivity contribution in [2.75, 3.05) is 32.2 Å². The highest BCUT2D eigenvalue weighted by Crippen LogP contribution is 2.45. The predicted octanol–water partition coefficient (Wildman–Crippen LogP) is 5.40. The maximum absolute atomic E-state index is 13.3. The van der Waals surface area contributed by atoms with Gasteiger partial charge in [-0.3, -0.25) is 4.90 Å². The van der Waals surface area contributed by atoms with E-state index in [1.54, 1.807) is 4.90 Å². The average molecular weight is 539 g/mol. The number of nitrogens with zero attached hydrogens (tertiary/aromatic N) is 2. The van der Waals surface area contributed by atoms with Gasteiger partial charge in [-0.2, -0.15) is 0 Å². The van der Waals surface area contributed by atoms with Gasteiger partial charge < -0.3 is 29.8 Å². The van der Waals surface area contributed by atoms with Gasteiger partial charge in [-0.15, -0.1) is 0 Å². The van der Waals surface area contributed by atoms with Crippen molar-refractivity contribution in [1.29, 1.82) is 0 Å². The molecule has 8 heteroatoms. The van der Waals surface area contributed by atoms with E-state index in [9.17, 15) is 9.90 Å². The Bertz CT molecular complexity index is 1570. The molecule has 8 nitrogen and oxygen atoms in total. The highest BCUT2D eigenvalue weighted by atomic mass is 16.7. The molecule has 4 atom stereocenters. The van der Waals surface area contributed by atoms with Gasteiger partial charge in [0.1, 0.15) is 0 Å². The lowest BCUT2D eigenvalue weighted by atomic mass is 9.80. The van der Waals surface area contributed by atoms with Gasteiger partial charge in [0.2, 0.25) is 6.79 Å². The first kappa shape index (κ1) is 25.0. The summed E-state index contributed by atoms with van der Waals surface area (Å²) in [6, 6.07) is 21.9. The molecule has 3 N–H and O–H groups in total. The van der Waals surface area contributed by atoms with Crippen molar-refractivity contribution in [2.45, 2.75) is 38.0 Å². The number of anilines is 1. The maximum Gasteiger partial charge on any atom is 0.321 e. The lowest BCUT2D eigenvalue weighted by molar-refractivity contribution is -0.0177. The summed E-state index contributed by atoms with van der Waals surface area (Å²) >= 11 is 0. The lowest BCUT2D eigenvalue weighted by Crippen LogP contribution is -2.57. The number of aliphatic hydroxyl groups is 1. The number of benzene rings is 3. The number of aromatic nitrogens is 1. The number of amides is 2. The molecule has 3 aliphatic heterocycles. The van der Waals surface area contributed by atoms with Crippen LogP contribution in [0.2, 0.25) is 0 Å². The van der Waals surface area contributed by atoms with Crippen LogP contribution >= 0.6 is 0 Å². The summed E-state index contributed by atoms with van der Waals surface area (Å²) in [5.74, 6) is 1.50. The van der Waals surface area contributed by atoms with Crippen molar-refractivity contribution < 1.29 is 19.4 Å². The van der Waals surface area contributed by atoms with Crippen LogP contribution in [0.25, 0.3) is 22.0 Å². The van der Waals surface area contributed by atoms with Crippen LogP contribution in [0.15, 0.2) is 66.7 Å². The van der Waals surface area contributed by atoms with E-state index in [1.807, 2.05) is 56.4 Å². The van der Waals surface area contributed by atoms with Crippen LogP contribution < -0.4 is 14.8 Å². The second kappa shape index (κ2) is 9.87. The van der Waals surface area contributed by atoms with Gasteiger partial charge in [-0.1, -0.05) is 42.5 Å². The fourth-order valence-corrected chi connectivity index (χ4v) is 6.83. The van der Waals surface area contributed by atoms with Gasteiger partial charge in [-0.25, -0.2) is 4.79 Å². The van der Waals surface area contributed by atoms with E-state index in [0.29, 0.717) is 0 Å². The molecule has 0 saturated carbocycles. The minimum absolute atomic E-state index is 0.0436. The summed E-state index contributed by atoms with van der Waals surface area (Å²) in [6.07, 6.45) is 1.16. The van der Waals surface area contributed by atoms with Gasteiger partial charge in [0.25, 0.3) is 0 Å². The maximum atomic E-state index is 13.3. The average Bonchev–Trinajstić information content (AvgIpc) is 3.61. The first-order valence-corrected chi connectivity index (χ1v) is 14.0. The first-order valence-electron chi connectivity index (χ1n) is 14.0. The molecule has 0 bridgehead atoms. The van der Waals surface area contributed by atoms with Crippen molar-refractivity contribution in [1.82, 2.24) is 14.8 Å². The molecular formula is C32H34N4O4. The molecule has 206 valence electrons. The normalized spacial score (nSPS) is 22.4. The summed E-state index contributed by atoms with van der Waals surface area (Å²) in [5, 5.41) is 15.0. The number of rotatable bonds is 4. The highest BCUT2D eigenvalue weighted by molar-refractivity contribution is 5.97. The van der Waals surface area contributed by atoms with Crippen LogP contribution in [-0.4, -0.2) is 65.0 Å². The number of aliphatic hydroxyl groups excluding tert-OH is 1. The van der Waals surface area contributed by atoms with Gasteiger partial charge in [0, 0.05) is 54.4 Å². The molecular weight excluding hydrogens is 504 g/mol. The minimum atomic E-state index is -0.528. The second-order valence-corrected chi connectivity index (χ2v) is 11.2. The number of carbonyl (C=O) groups is 1. The first-order chi connectivity index (χ1) is 19.5. The number of nitrogens with one attached hydrogen (secondary N) is 2. The van der Waals surface area contributed by atoms with Crippen LogP contribution in [0.5, 0.6) is 11.5 Å². The van der Waals surface area contributed by atoms with Crippen LogP contribution in [0.1, 0.15) is 30.6 Å². The Morgan fingerprint density at radius 2 is 1.93 bits per heavy atom. The summed E-state index contributed by atoms with van der Waals surface area (Å²) in [5.41, 5.74) is 6.67. The van der Waals surface area contributed by atoms with Crippen molar-refractivity contribution in [3.8, 4) is 22.6 Å². The zero-order chi connectivity index (χ0) is 27.4. The Morgan fingerprint density at radius 3 is 2.75 bits per heavy atom. The van der Waals surface area contributed by atoms with E-state index < -0.39 is 6.10 Å². The van der Waals surface area contributed by atoms with E-state index in [-0.39, 0.29) is 30.8 Å². The monoisotopic (exact) mass is 538 g/mol. The lowest BCUT2D eigenvalue weighted by Gasteiger charge is -2.49. The Kier molecular flexibility index (Phi) is 6.17. The smallest absolute Gasteiger partial charge is 0.321 e. The number of urea groups is 1. The number of H-pyrrole nitrogens is 1. The quantitative estimate of drug-likeness (QED) is 0.324. The molecule has 1 fully saturated rings. The summed E-state index contributed by atoms with van der Waals surface area (Å²) in [7, 11) is 1.85. The fraction of sp³-hybridized carbons (Fsp3) is 0.344. The van der Waals surface area contributed by atoms with Gasteiger partial charge in [-0.05, 0) is 55.2 Å². The molecule has 3 aliphatic rings. The van der Waals surface area contributed by atoms with Crippen molar-refractivity contribution >= 4 is 22.6 Å². The number of hydrogen-bond donors (Lipinski definition) is 3. The summed E-state index contributed by atoms with van der Waals surface area (Å²) in [6.45, 7) is 3.76. The largest absolute Gasteiger partial charge is 0.454 e. The Morgan fingerprint density at radius 1 is 1.10 bits per heavy atom. The molecule has 0 unspecified atom stereocenters. The molecule has 0 spiro atoms. The number of carbonyl (C=O) groups excluding carboxylic acids is 1. The zero-order valence-corrected chi connectivity index (χ0v) is 22.8. The Labute approximate surface area is 233 Å². The third kappa shape index (κ3) is 4.19. The molecule has 0 aliphatic carbocycles. The second-order valence-electron chi connectivity index (χ2n) is 11.2. The van der Waals surface area contributed by atoms with Crippen molar-refractivity contribution in [3.63, 3.8) is 0 Å². The molecule has 4 heterocycles. The molecule has 1 saturated heterocycles. The number of hydrogen-bond acceptors (Lipinski definition) is 5. The van der Waals surface area contributed by atoms with E-state index >= 15 is 0 Å². The fourth-order valence-electron chi connectivity index (χ4n) is 6.83. The summed E-state index contributed by atoms with van der Waals surface area (Å²) in [4.78, 5) is 21.4. The minimum Gasteiger partial charge on any atom is -0.454 e. The molecule has 1 aromatic heterocycles. The van der Waals surface area contributed by atoms with E-state index in [1.165, 1.54) is 16.6 Å². The molecule has 4 aromatic rings. The van der Waals surface area contributed by atoms with E-state index in [0.717, 1.165) is 59.8 Å². The van der Waals surface area contributed by atoms with Crippen molar-refractivity contribution in [2.24, 2.45) is 5.92 Å². The number of fused-ring (bicyclic) bond motifs is 6. The third-order valence-corrected chi connectivity index (χ3v) is 8.95. The third-order valence-electron chi connectivity index (χ3n) is 8.95. The van der Waals surface area contributed by atoms with Crippen LogP contribution in [0, 0.1) is 5.92 Å². The summed E-state index contributed by atoms with van der Waals surface area (Å²) < 4.78 is 11.2. The van der Waals surface area contributed by atoms with Gasteiger partial charge in [0.05, 0.1) is 17.7 Å². The van der Waals surface area contributed by atoms with Crippen LogP contribution in [0.3, 0.4) is 0 Å². The highest BCUT2D eigenvalue weighted by Gasteiger charge is 2.44. The number of ether oxygens (including phenoxy) is 2. The topological polar surface area (TPSA) is 90.1 Å². The standard InChI is InChI=1S/C32H34N4O4/c1-19(37)25-17-36-14-13-24-23-10-6-9-22(20-11-12-28-29(15-20)40-18-39-28)30(23)34-31(24)27(36)16-26(25)35(2)32(38)33-21-7-4-3-5-8-21/h3-12,15,19,25-27,34,37H,13-14,16-18H2,1-2H3,(H,33,38)/t19-,25-,26-,27-/m0/s1.